The molecule has 3 atom stereocenters. The number of hydrogen-bond acceptors (Lipinski definition) is 6. The Morgan fingerprint density at radius 2 is 1.46 bits per heavy atom. The fourth-order valence-electron chi connectivity index (χ4n) is 4.88. The number of carbonyl (C=O) groups excluding carboxylic acids is 1. The van der Waals surface area contributed by atoms with Gasteiger partial charge in [0.05, 0.1) is 17.8 Å². The highest BCUT2D eigenvalue weighted by Crippen LogP contribution is 2.38. The van der Waals surface area contributed by atoms with Crippen molar-refractivity contribution in [1.82, 2.24) is 9.80 Å². The monoisotopic (exact) mass is 604 g/mol. The number of aliphatic hydroxyl groups is 1. The number of nitrogens with zero attached hydrogens (tertiary/aromatic N) is 2. The van der Waals surface area contributed by atoms with Crippen molar-refractivity contribution in [2.24, 2.45) is 11.8 Å². The molecule has 0 spiro atoms. The second kappa shape index (κ2) is 15.8. The van der Waals surface area contributed by atoms with Gasteiger partial charge in [0.15, 0.2) is 0 Å². The van der Waals surface area contributed by atoms with E-state index in [-0.39, 0.29) is 24.0 Å². The zero-order chi connectivity index (χ0) is 29.2. The first-order chi connectivity index (χ1) is 18.3. The summed E-state index contributed by atoms with van der Waals surface area (Å²) < 4.78 is 12.2. The summed E-state index contributed by atoms with van der Waals surface area (Å²) in [4.78, 5) is 15.4. The maximum absolute atomic E-state index is 11.0. The van der Waals surface area contributed by atoms with Gasteiger partial charge < -0.3 is 24.4 Å². The van der Waals surface area contributed by atoms with Gasteiger partial charge in [0.1, 0.15) is 17.3 Å². The number of likely N-dealkylation sites (tertiary alicyclic amines) is 2. The van der Waals surface area contributed by atoms with Crippen molar-refractivity contribution in [3.63, 3.8) is 0 Å². The third kappa shape index (κ3) is 11.2. The maximum atomic E-state index is 11.0. The summed E-state index contributed by atoms with van der Waals surface area (Å²) in [6.45, 7) is 15.9. The predicted octanol–water partition coefficient (Wildman–Crippen LogP) is 6.40. The van der Waals surface area contributed by atoms with Crippen molar-refractivity contribution < 1.29 is 19.4 Å². The summed E-state index contributed by atoms with van der Waals surface area (Å²) in [6.07, 6.45) is 1.91. The van der Waals surface area contributed by atoms with Crippen LogP contribution in [0.4, 0.5) is 0 Å². The van der Waals surface area contributed by atoms with Gasteiger partial charge in [0, 0.05) is 48.9 Å². The van der Waals surface area contributed by atoms with Crippen molar-refractivity contribution >= 4 is 21.7 Å². The molecule has 2 heterocycles. The van der Waals surface area contributed by atoms with Crippen LogP contribution in [-0.4, -0.2) is 73.2 Å². The molecular formula is C32H49BrN2O4. The molecule has 0 aromatic heterocycles. The summed E-state index contributed by atoms with van der Waals surface area (Å²) in [5, 5.41) is 11.0. The third-order valence-corrected chi connectivity index (χ3v) is 7.52. The largest absolute Gasteiger partial charge is 0.491 e. The van der Waals surface area contributed by atoms with Crippen LogP contribution in [-0.2, 0) is 10.4 Å². The molecule has 6 nitrogen and oxygen atoms in total. The molecule has 2 aromatic carbocycles. The molecule has 2 fully saturated rings. The Hall–Kier alpha value is -1.93. The number of ether oxygens (including phenoxy) is 2. The zero-order valence-electron chi connectivity index (χ0n) is 25.1. The number of halogens is 1. The average molecular weight is 606 g/mol. The highest BCUT2D eigenvalue weighted by Gasteiger charge is 2.39. The van der Waals surface area contributed by atoms with E-state index in [0.29, 0.717) is 5.78 Å². The summed E-state index contributed by atoms with van der Waals surface area (Å²) in [6, 6.07) is 15.8. The lowest BCUT2D eigenvalue weighted by Crippen LogP contribution is -2.47. The second-order valence-corrected chi connectivity index (χ2v) is 12.5. The van der Waals surface area contributed by atoms with Crippen molar-refractivity contribution in [2.45, 2.75) is 72.2 Å². The van der Waals surface area contributed by atoms with Gasteiger partial charge in [-0.25, -0.2) is 0 Å². The molecule has 0 aliphatic carbocycles. The fraction of sp³-hybridized carbons (Fsp3) is 0.594. The molecule has 2 aromatic rings. The van der Waals surface area contributed by atoms with Crippen molar-refractivity contribution in [1.29, 1.82) is 0 Å². The van der Waals surface area contributed by atoms with E-state index in [1.165, 1.54) is 0 Å². The quantitative estimate of drug-likeness (QED) is 0.426. The van der Waals surface area contributed by atoms with Gasteiger partial charge in [0.25, 0.3) is 0 Å². The minimum atomic E-state index is -0.733. The Kier molecular flexibility index (Phi) is 13.4. The van der Waals surface area contributed by atoms with Crippen molar-refractivity contribution in [3.05, 3.63) is 58.6 Å². The number of piperidine rings is 2. The van der Waals surface area contributed by atoms with Crippen LogP contribution in [0.15, 0.2) is 53.0 Å². The summed E-state index contributed by atoms with van der Waals surface area (Å²) in [5.41, 5.74) is 0.245. The standard InChI is InChI=1S/C16H25NO2.C9H11BrO.C7H13NO/c1-12(2)19-15-7-5-6-14(10-15)16(18)8-9-17(4)11-13(16)3;1-7(2)11-9-5-3-4-8(10)6-9;1-6-5-8(2)4-3-7(6)9/h5-7,10,12-13,18H,8-9,11H2,1-4H3;3-7H,1-2H3;6H,3-5H2,1-2H3/t13-,16+;;/m0../s1. The molecule has 0 radical (unpaired) electrons. The van der Waals surface area contributed by atoms with E-state index in [4.69, 9.17) is 9.47 Å². The number of carbonyl (C=O) groups is 1. The molecule has 2 aliphatic heterocycles. The maximum Gasteiger partial charge on any atom is 0.138 e. The van der Waals surface area contributed by atoms with Crippen molar-refractivity contribution in [2.75, 3.05) is 40.3 Å². The molecule has 218 valence electrons. The highest BCUT2D eigenvalue weighted by atomic mass is 79.9. The van der Waals surface area contributed by atoms with E-state index >= 15 is 0 Å². The fourth-order valence-corrected chi connectivity index (χ4v) is 5.26. The lowest BCUT2D eigenvalue weighted by molar-refractivity contribution is -0.125. The molecule has 0 amide bonds. The summed E-state index contributed by atoms with van der Waals surface area (Å²) in [5.74, 6) is 2.67. The first-order valence-electron chi connectivity index (χ1n) is 14.1. The van der Waals surface area contributed by atoms with Gasteiger partial charge in [0.2, 0.25) is 0 Å². The lowest BCUT2D eigenvalue weighted by atomic mass is 9.77. The summed E-state index contributed by atoms with van der Waals surface area (Å²) in [7, 11) is 4.16. The van der Waals surface area contributed by atoms with E-state index in [2.05, 4.69) is 46.7 Å². The smallest absolute Gasteiger partial charge is 0.138 e. The molecule has 2 aliphatic rings. The van der Waals surface area contributed by atoms with Crippen LogP contribution in [0.5, 0.6) is 11.5 Å². The van der Waals surface area contributed by atoms with E-state index in [1.807, 2.05) is 83.1 Å². The van der Waals surface area contributed by atoms with Crippen LogP contribution in [0.2, 0.25) is 0 Å². The summed E-state index contributed by atoms with van der Waals surface area (Å²) >= 11 is 3.37. The Morgan fingerprint density at radius 3 is 1.97 bits per heavy atom. The molecule has 1 unspecified atom stereocenters. The van der Waals surface area contributed by atoms with Gasteiger partial charge in [-0.1, -0.05) is 48.0 Å². The van der Waals surface area contributed by atoms with E-state index in [1.54, 1.807) is 0 Å². The van der Waals surface area contributed by atoms with Crippen LogP contribution in [0.1, 0.15) is 59.9 Å². The predicted molar refractivity (Wildman–Crippen MR) is 164 cm³/mol. The van der Waals surface area contributed by atoms with Gasteiger partial charge >= 0.3 is 0 Å². The molecule has 4 rings (SSSR count). The topological polar surface area (TPSA) is 62.2 Å². The number of Topliss-reactive ketones (excluding diaryl/α,β-unsaturated/α-hetero) is 1. The van der Waals surface area contributed by atoms with Crippen LogP contribution < -0.4 is 9.47 Å². The molecule has 0 saturated carbocycles. The molecule has 39 heavy (non-hydrogen) atoms. The Bertz CT molecular complexity index is 1030. The molecule has 1 N–H and O–H groups in total. The minimum Gasteiger partial charge on any atom is -0.491 e. The first-order valence-corrected chi connectivity index (χ1v) is 14.9. The highest BCUT2D eigenvalue weighted by molar-refractivity contribution is 9.10. The SMILES string of the molecule is CC(C)Oc1cccc(Br)c1.CC(C)Oc1cccc([C@@]2(O)CCN(C)C[C@@H]2C)c1.CC1CN(C)CCC1=O. The lowest BCUT2D eigenvalue weighted by Gasteiger charge is -2.42. The van der Waals surface area contributed by atoms with Crippen LogP contribution in [0.25, 0.3) is 0 Å². The minimum absolute atomic E-state index is 0.153. The third-order valence-electron chi connectivity index (χ3n) is 7.02. The number of rotatable bonds is 5. The van der Waals surface area contributed by atoms with Gasteiger partial charge in [-0.3, -0.25) is 4.79 Å². The Balaban J connectivity index is 0.000000226. The van der Waals surface area contributed by atoms with Gasteiger partial charge in [-0.05, 0) is 84.1 Å². The number of ketones is 1. The zero-order valence-corrected chi connectivity index (χ0v) is 26.7. The van der Waals surface area contributed by atoms with Crippen molar-refractivity contribution in [3.8, 4) is 11.5 Å². The van der Waals surface area contributed by atoms with Crippen LogP contribution in [0.3, 0.4) is 0 Å². The Labute approximate surface area is 244 Å². The van der Waals surface area contributed by atoms with Gasteiger partial charge in [-0.2, -0.15) is 0 Å². The first kappa shape index (κ1) is 33.3. The van der Waals surface area contributed by atoms with E-state index in [9.17, 15) is 9.90 Å². The molecular weight excluding hydrogens is 556 g/mol. The van der Waals surface area contributed by atoms with Crippen LogP contribution in [0, 0.1) is 11.8 Å². The molecule has 2 saturated heterocycles. The second-order valence-electron chi connectivity index (χ2n) is 11.5. The van der Waals surface area contributed by atoms with Crippen LogP contribution >= 0.6 is 15.9 Å². The normalized spacial score (nSPS) is 23.9. The average Bonchev–Trinajstić information content (AvgIpc) is 2.84. The van der Waals surface area contributed by atoms with E-state index in [0.717, 1.165) is 60.6 Å². The Morgan fingerprint density at radius 1 is 0.897 bits per heavy atom. The molecule has 0 bridgehead atoms. The van der Waals surface area contributed by atoms with Gasteiger partial charge in [-0.15, -0.1) is 0 Å². The number of benzene rings is 2. The molecule has 7 heteroatoms. The van der Waals surface area contributed by atoms with E-state index < -0.39 is 5.60 Å². The number of hydrogen-bond donors (Lipinski definition) is 1.